The van der Waals surface area contributed by atoms with Gasteiger partial charge in [0.1, 0.15) is 5.69 Å². The Morgan fingerprint density at radius 3 is 2.55 bits per heavy atom. The molecule has 0 unspecified atom stereocenters. The Morgan fingerprint density at radius 2 is 1.95 bits per heavy atom. The zero-order valence-corrected chi connectivity index (χ0v) is 13.6. The summed E-state index contributed by atoms with van der Waals surface area (Å²) in [6, 6.07) is 7.78. The molecule has 1 heterocycles. The van der Waals surface area contributed by atoms with Crippen molar-refractivity contribution in [2.75, 3.05) is 5.32 Å². The number of rotatable bonds is 4. The van der Waals surface area contributed by atoms with Crippen molar-refractivity contribution < 1.29 is 4.79 Å². The molecule has 0 atom stereocenters. The minimum Gasteiger partial charge on any atom is -0.344 e. The Labute approximate surface area is 128 Å². The van der Waals surface area contributed by atoms with Gasteiger partial charge in [0.2, 0.25) is 0 Å². The molecule has 0 saturated heterocycles. The van der Waals surface area contributed by atoms with Crippen LogP contribution in [0.2, 0.25) is 0 Å². The van der Waals surface area contributed by atoms with E-state index in [2.05, 4.69) is 28.2 Å². The lowest BCUT2D eigenvalue weighted by Crippen LogP contribution is -2.18. The largest absolute Gasteiger partial charge is 0.344 e. The number of halogens is 1. The maximum atomic E-state index is 12.4. The van der Waals surface area contributed by atoms with Crippen LogP contribution in [0, 0.1) is 13.8 Å². The van der Waals surface area contributed by atoms with Crippen LogP contribution in [0.25, 0.3) is 0 Å². The Bertz CT molecular complexity index is 608. The fourth-order valence-corrected chi connectivity index (χ4v) is 3.03. The summed E-state index contributed by atoms with van der Waals surface area (Å²) >= 11 is 3.47. The van der Waals surface area contributed by atoms with Gasteiger partial charge in [-0.25, -0.2) is 0 Å². The summed E-state index contributed by atoms with van der Waals surface area (Å²) in [5.74, 6) is -0.0584. The zero-order valence-electron chi connectivity index (χ0n) is 12.0. The Kier molecular flexibility index (Phi) is 4.65. The topological polar surface area (TPSA) is 34.0 Å². The van der Waals surface area contributed by atoms with Gasteiger partial charge >= 0.3 is 0 Å². The molecule has 0 saturated carbocycles. The molecule has 1 amide bonds. The minimum absolute atomic E-state index is 0.0584. The molecule has 3 nitrogen and oxygen atoms in total. The molecule has 0 spiro atoms. The highest BCUT2D eigenvalue weighted by molar-refractivity contribution is 9.10. The summed E-state index contributed by atoms with van der Waals surface area (Å²) in [5.41, 5.74) is 3.70. The van der Waals surface area contributed by atoms with E-state index in [-0.39, 0.29) is 5.91 Å². The third-order valence-electron chi connectivity index (χ3n) is 3.26. The van der Waals surface area contributed by atoms with E-state index >= 15 is 0 Å². The van der Waals surface area contributed by atoms with Crippen LogP contribution >= 0.6 is 15.9 Å². The van der Waals surface area contributed by atoms with Crippen molar-refractivity contribution in [3.63, 3.8) is 0 Å². The lowest BCUT2D eigenvalue weighted by Gasteiger charge is -2.13. The smallest absolute Gasteiger partial charge is 0.272 e. The number of anilines is 1. The summed E-state index contributed by atoms with van der Waals surface area (Å²) in [6.07, 6.45) is 2.95. The standard InChI is InChI=1S/C16H19BrN2O/c1-4-7-19-8-5-6-14(19)16(20)18-15-11(2)9-13(17)10-12(15)3/h5-6,8-10H,4,7H2,1-3H3,(H,18,20). The van der Waals surface area contributed by atoms with Crippen molar-refractivity contribution in [2.24, 2.45) is 0 Å². The van der Waals surface area contributed by atoms with Crippen LogP contribution in [-0.2, 0) is 6.54 Å². The first-order valence-electron chi connectivity index (χ1n) is 6.76. The van der Waals surface area contributed by atoms with Gasteiger partial charge in [-0.05, 0) is 55.7 Å². The van der Waals surface area contributed by atoms with Gasteiger partial charge in [0.05, 0.1) is 0 Å². The SMILES string of the molecule is CCCn1cccc1C(=O)Nc1c(C)cc(Br)cc1C. The first-order valence-corrected chi connectivity index (χ1v) is 7.55. The molecule has 106 valence electrons. The van der Waals surface area contributed by atoms with Crippen molar-refractivity contribution >= 4 is 27.5 Å². The van der Waals surface area contributed by atoms with Gasteiger partial charge in [-0.3, -0.25) is 4.79 Å². The quantitative estimate of drug-likeness (QED) is 0.875. The van der Waals surface area contributed by atoms with Crippen LogP contribution in [0.1, 0.15) is 35.0 Å². The molecule has 0 aliphatic carbocycles. The molecule has 1 aromatic carbocycles. The molecule has 20 heavy (non-hydrogen) atoms. The molecule has 0 aliphatic rings. The molecule has 0 bridgehead atoms. The van der Waals surface area contributed by atoms with E-state index in [1.54, 1.807) is 0 Å². The average molecular weight is 335 g/mol. The highest BCUT2D eigenvalue weighted by atomic mass is 79.9. The van der Waals surface area contributed by atoms with E-state index < -0.39 is 0 Å². The maximum absolute atomic E-state index is 12.4. The van der Waals surface area contributed by atoms with Crippen molar-refractivity contribution in [2.45, 2.75) is 33.7 Å². The Hall–Kier alpha value is -1.55. The normalized spacial score (nSPS) is 10.6. The van der Waals surface area contributed by atoms with Crippen LogP contribution in [0.4, 0.5) is 5.69 Å². The molecular weight excluding hydrogens is 316 g/mol. The number of carbonyl (C=O) groups excluding carboxylic acids is 1. The summed E-state index contributed by atoms with van der Waals surface area (Å²) in [7, 11) is 0. The molecule has 2 aromatic rings. The Morgan fingerprint density at radius 1 is 1.30 bits per heavy atom. The van der Waals surface area contributed by atoms with Crippen LogP contribution in [-0.4, -0.2) is 10.5 Å². The van der Waals surface area contributed by atoms with E-state index in [9.17, 15) is 4.79 Å². The maximum Gasteiger partial charge on any atom is 0.272 e. The number of nitrogens with one attached hydrogen (secondary N) is 1. The number of nitrogens with zero attached hydrogens (tertiary/aromatic N) is 1. The van der Waals surface area contributed by atoms with Gasteiger partial charge in [0.25, 0.3) is 5.91 Å². The van der Waals surface area contributed by atoms with Crippen LogP contribution in [0.5, 0.6) is 0 Å². The molecule has 0 radical (unpaired) electrons. The molecule has 2 rings (SSSR count). The fraction of sp³-hybridized carbons (Fsp3) is 0.312. The van der Waals surface area contributed by atoms with Crippen molar-refractivity contribution in [1.29, 1.82) is 0 Å². The number of amides is 1. The van der Waals surface area contributed by atoms with Crippen LogP contribution < -0.4 is 5.32 Å². The zero-order chi connectivity index (χ0) is 14.7. The third kappa shape index (κ3) is 3.12. The molecular formula is C16H19BrN2O. The number of aromatic nitrogens is 1. The lowest BCUT2D eigenvalue weighted by atomic mass is 10.1. The van der Waals surface area contributed by atoms with Gasteiger partial charge in [-0.1, -0.05) is 22.9 Å². The molecule has 1 N–H and O–H groups in total. The first-order chi connectivity index (χ1) is 9.52. The number of carbonyl (C=O) groups is 1. The second-order valence-corrected chi connectivity index (χ2v) is 5.87. The van der Waals surface area contributed by atoms with Gasteiger partial charge < -0.3 is 9.88 Å². The Balaban J connectivity index is 2.26. The summed E-state index contributed by atoms with van der Waals surface area (Å²) in [4.78, 5) is 12.4. The summed E-state index contributed by atoms with van der Waals surface area (Å²) in [6.45, 7) is 6.95. The number of benzene rings is 1. The van der Waals surface area contributed by atoms with E-state index in [4.69, 9.17) is 0 Å². The van der Waals surface area contributed by atoms with Crippen molar-refractivity contribution in [3.8, 4) is 0 Å². The predicted molar refractivity (Wildman–Crippen MR) is 86.3 cm³/mol. The first kappa shape index (κ1) is 14.9. The fourth-order valence-electron chi connectivity index (χ4n) is 2.34. The third-order valence-corrected chi connectivity index (χ3v) is 3.72. The summed E-state index contributed by atoms with van der Waals surface area (Å²) < 4.78 is 3.01. The molecule has 4 heteroatoms. The van der Waals surface area contributed by atoms with E-state index in [1.807, 2.05) is 48.9 Å². The van der Waals surface area contributed by atoms with E-state index in [1.165, 1.54) is 0 Å². The van der Waals surface area contributed by atoms with E-state index in [0.717, 1.165) is 34.3 Å². The molecule has 0 fully saturated rings. The monoisotopic (exact) mass is 334 g/mol. The number of hydrogen-bond acceptors (Lipinski definition) is 1. The van der Waals surface area contributed by atoms with Gasteiger partial charge in [0.15, 0.2) is 0 Å². The minimum atomic E-state index is -0.0584. The second kappa shape index (κ2) is 6.27. The molecule has 1 aromatic heterocycles. The highest BCUT2D eigenvalue weighted by Gasteiger charge is 2.13. The average Bonchev–Trinajstić information content (AvgIpc) is 2.82. The van der Waals surface area contributed by atoms with Crippen molar-refractivity contribution in [3.05, 3.63) is 51.8 Å². The number of hydrogen-bond donors (Lipinski definition) is 1. The van der Waals surface area contributed by atoms with Gasteiger partial charge in [-0.2, -0.15) is 0 Å². The second-order valence-electron chi connectivity index (χ2n) is 4.96. The van der Waals surface area contributed by atoms with Gasteiger partial charge in [-0.15, -0.1) is 0 Å². The molecule has 0 aliphatic heterocycles. The van der Waals surface area contributed by atoms with Crippen LogP contribution in [0.15, 0.2) is 34.9 Å². The highest BCUT2D eigenvalue weighted by Crippen LogP contribution is 2.25. The predicted octanol–water partition coefficient (Wildman–Crippen LogP) is 4.53. The van der Waals surface area contributed by atoms with Crippen LogP contribution in [0.3, 0.4) is 0 Å². The van der Waals surface area contributed by atoms with E-state index in [0.29, 0.717) is 5.69 Å². The lowest BCUT2D eigenvalue weighted by molar-refractivity contribution is 0.101. The van der Waals surface area contributed by atoms with Gasteiger partial charge in [0, 0.05) is 22.9 Å². The summed E-state index contributed by atoms with van der Waals surface area (Å²) in [5, 5.41) is 3.03. The number of aryl methyl sites for hydroxylation is 3. The van der Waals surface area contributed by atoms with Crippen molar-refractivity contribution in [1.82, 2.24) is 4.57 Å².